The lowest BCUT2D eigenvalue weighted by atomic mass is 10.1. The van der Waals surface area contributed by atoms with Crippen LogP contribution in [0.25, 0.3) is 0 Å². The minimum Gasteiger partial charge on any atom is -0.324 e. The number of para-hydroxylation sites is 1. The molecule has 2 rings (SSSR count). The molecule has 8 heteroatoms. The third-order valence-corrected chi connectivity index (χ3v) is 3.92. The number of hydrogen-bond donors (Lipinski definition) is 1. The summed E-state index contributed by atoms with van der Waals surface area (Å²) in [6.07, 6.45) is 0.604. The molecule has 106 valence electrons. The Morgan fingerprint density at radius 1 is 1.40 bits per heavy atom. The normalized spacial score (nSPS) is 10.7. The quantitative estimate of drug-likeness (QED) is 0.492. The van der Waals surface area contributed by atoms with Crippen molar-refractivity contribution >= 4 is 17.4 Å². The molecule has 0 unspecified atom stereocenters. The Balaban J connectivity index is 1.99. The van der Waals surface area contributed by atoms with E-state index in [1.54, 1.807) is 12.1 Å². The highest BCUT2D eigenvalue weighted by molar-refractivity contribution is 7.99. The number of hydrogen-bond acceptors (Lipinski definition) is 6. The fraction of sp³-hybridized carbons (Fsp3) is 0.333. The van der Waals surface area contributed by atoms with Gasteiger partial charge in [0, 0.05) is 24.4 Å². The van der Waals surface area contributed by atoms with Crippen LogP contribution in [0.15, 0.2) is 29.4 Å². The second kappa shape index (κ2) is 6.49. The van der Waals surface area contributed by atoms with E-state index >= 15 is 0 Å². The van der Waals surface area contributed by atoms with Gasteiger partial charge in [0.2, 0.25) is 0 Å². The van der Waals surface area contributed by atoms with Gasteiger partial charge in [0.25, 0.3) is 5.69 Å². The molecule has 1 aromatic heterocycles. The summed E-state index contributed by atoms with van der Waals surface area (Å²) < 4.78 is 1.84. The minimum atomic E-state index is -0.352. The van der Waals surface area contributed by atoms with Gasteiger partial charge in [0.15, 0.2) is 5.16 Å². The molecule has 0 saturated carbocycles. The van der Waals surface area contributed by atoms with Gasteiger partial charge in [0.05, 0.1) is 11.5 Å². The third kappa shape index (κ3) is 3.14. The second-order valence-corrected chi connectivity index (χ2v) is 5.21. The molecule has 2 N–H and O–H groups in total. The number of nitrogens with zero attached hydrogens (tertiary/aromatic N) is 4. The predicted molar refractivity (Wildman–Crippen MR) is 76.4 cm³/mol. The van der Waals surface area contributed by atoms with Crippen molar-refractivity contribution in [2.45, 2.75) is 18.1 Å². The van der Waals surface area contributed by atoms with Gasteiger partial charge >= 0.3 is 0 Å². The van der Waals surface area contributed by atoms with Gasteiger partial charge in [-0.2, -0.15) is 0 Å². The monoisotopic (exact) mass is 293 g/mol. The zero-order valence-corrected chi connectivity index (χ0v) is 11.8. The van der Waals surface area contributed by atoms with Crippen molar-refractivity contribution < 1.29 is 4.92 Å². The predicted octanol–water partition coefficient (Wildman–Crippen LogP) is 1.52. The highest BCUT2D eigenvalue weighted by Gasteiger charge is 2.13. The van der Waals surface area contributed by atoms with Crippen molar-refractivity contribution in [2.75, 3.05) is 5.75 Å². The Bertz CT molecular complexity index is 614. The van der Waals surface area contributed by atoms with E-state index in [4.69, 9.17) is 5.73 Å². The van der Waals surface area contributed by atoms with Crippen LogP contribution >= 0.6 is 11.8 Å². The Hall–Kier alpha value is -1.93. The highest BCUT2D eigenvalue weighted by atomic mass is 32.2. The Morgan fingerprint density at radius 2 is 2.15 bits per heavy atom. The average Bonchev–Trinajstić information content (AvgIpc) is 2.80. The molecule has 0 bridgehead atoms. The van der Waals surface area contributed by atoms with Crippen molar-refractivity contribution in [1.29, 1.82) is 0 Å². The van der Waals surface area contributed by atoms with Crippen LogP contribution < -0.4 is 5.73 Å². The SMILES string of the molecule is Cn1c(CN)nnc1SCCc1ccccc1[N+](=O)[O-]. The van der Waals surface area contributed by atoms with E-state index in [-0.39, 0.29) is 10.6 Å². The summed E-state index contributed by atoms with van der Waals surface area (Å²) in [6, 6.07) is 6.78. The zero-order valence-electron chi connectivity index (χ0n) is 11.0. The molecule has 1 aromatic carbocycles. The molecule has 2 aromatic rings. The van der Waals surface area contributed by atoms with Crippen molar-refractivity contribution in [1.82, 2.24) is 14.8 Å². The second-order valence-electron chi connectivity index (χ2n) is 4.15. The van der Waals surface area contributed by atoms with Crippen molar-refractivity contribution in [3.05, 3.63) is 45.8 Å². The number of nitro benzene ring substituents is 1. The Labute approximate surface area is 120 Å². The van der Waals surface area contributed by atoms with E-state index in [0.29, 0.717) is 18.7 Å². The van der Waals surface area contributed by atoms with Crippen LogP contribution in [-0.2, 0) is 20.0 Å². The van der Waals surface area contributed by atoms with Crippen molar-refractivity contribution in [3.8, 4) is 0 Å². The van der Waals surface area contributed by atoms with E-state index in [2.05, 4.69) is 10.2 Å². The molecule has 7 nitrogen and oxygen atoms in total. The lowest BCUT2D eigenvalue weighted by molar-refractivity contribution is -0.385. The fourth-order valence-corrected chi connectivity index (χ4v) is 2.70. The van der Waals surface area contributed by atoms with Crippen molar-refractivity contribution in [2.24, 2.45) is 12.8 Å². The molecule has 0 aliphatic rings. The van der Waals surface area contributed by atoms with Gasteiger partial charge in [-0.3, -0.25) is 10.1 Å². The molecule has 20 heavy (non-hydrogen) atoms. The first kappa shape index (κ1) is 14.5. The molecular formula is C12H15N5O2S. The van der Waals surface area contributed by atoms with Gasteiger partial charge in [0.1, 0.15) is 5.82 Å². The first-order valence-corrected chi connectivity index (χ1v) is 7.05. The number of nitro groups is 1. The summed E-state index contributed by atoms with van der Waals surface area (Å²) in [5, 5.41) is 19.7. The molecule has 1 heterocycles. The number of aromatic nitrogens is 3. The summed E-state index contributed by atoms with van der Waals surface area (Å²) >= 11 is 1.51. The molecular weight excluding hydrogens is 278 g/mol. The first-order valence-electron chi connectivity index (χ1n) is 6.07. The number of rotatable bonds is 6. The summed E-state index contributed by atoms with van der Waals surface area (Å²) in [6.45, 7) is 0.341. The number of nitrogens with two attached hydrogens (primary N) is 1. The maximum atomic E-state index is 10.9. The fourth-order valence-electron chi connectivity index (χ4n) is 1.80. The van der Waals surface area contributed by atoms with E-state index in [9.17, 15) is 10.1 Å². The Kier molecular flexibility index (Phi) is 4.70. The number of aryl methyl sites for hydroxylation is 1. The van der Waals surface area contributed by atoms with Gasteiger partial charge in [-0.15, -0.1) is 10.2 Å². The summed E-state index contributed by atoms with van der Waals surface area (Å²) in [4.78, 5) is 10.6. The molecule has 0 amide bonds. The number of benzene rings is 1. The standard InChI is InChI=1S/C12H15N5O2S/c1-16-11(8-13)14-15-12(16)20-7-6-9-4-2-3-5-10(9)17(18)19/h2-5H,6-8,13H2,1H3. The first-order chi connectivity index (χ1) is 9.63. The summed E-state index contributed by atoms with van der Waals surface area (Å²) in [7, 11) is 1.86. The minimum absolute atomic E-state index is 0.161. The van der Waals surface area contributed by atoms with E-state index < -0.39 is 0 Å². The van der Waals surface area contributed by atoms with E-state index in [1.165, 1.54) is 17.8 Å². The van der Waals surface area contributed by atoms with Crippen LogP contribution in [0.1, 0.15) is 11.4 Å². The van der Waals surface area contributed by atoms with E-state index in [1.807, 2.05) is 17.7 Å². The molecule has 0 saturated heterocycles. The third-order valence-electron chi connectivity index (χ3n) is 2.90. The topological polar surface area (TPSA) is 99.9 Å². The Morgan fingerprint density at radius 3 is 2.80 bits per heavy atom. The lowest BCUT2D eigenvalue weighted by Crippen LogP contribution is -2.05. The smallest absolute Gasteiger partial charge is 0.272 e. The maximum Gasteiger partial charge on any atom is 0.272 e. The maximum absolute atomic E-state index is 10.9. The van der Waals surface area contributed by atoms with Crippen LogP contribution in [-0.4, -0.2) is 25.4 Å². The number of thioether (sulfide) groups is 1. The van der Waals surface area contributed by atoms with Gasteiger partial charge in [-0.25, -0.2) is 0 Å². The average molecular weight is 293 g/mol. The van der Waals surface area contributed by atoms with Crippen LogP contribution in [0.4, 0.5) is 5.69 Å². The van der Waals surface area contributed by atoms with Crippen molar-refractivity contribution in [3.63, 3.8) is 0 Å². The molecule has 0 fully saturated rings. The summed E-state index contributed by atoms with van der Waals surface area (Å²) in [5.74, 6) is 1.42. The largest absolute Gasteiger partial charge is 0.324 e. The van der Waals surface area contributed by atoms with Crippen LogP contribution in [0.5, 0.6) is 0 Å². The molecule has 0 aliphatic carbocycles. The molecule has 0 aliphatic heterocycles. The van der Waals surface area contributed by atoms with Crippen LogP contribution in [0.3, 0.4) is 0 Å². The van der Waals surface area contributed by atoms with E-state index in [0.717, 1.165) is 16.5 Å². The lowest BCUT2D eigenvalue weighted by Gasteiger charge is -2.03. The van der Waals surface area contributed by atoms with Crippen LogP contribution in [0, 0.1) is 10.1 Å². The van der Waals surface area contributed by atoms with Crippen LogP contribution in [0.2, 0.25) is 0 Å². The summed E-state index contributed by atoms with van der Waals surface area (Å²) in [5.41, 5.74) is 6.42. The van der Waals surface area contributed by atoms with Gasteiger partial charge in [-0.1, -0.05) is 30.0 Å². The highest BCUT2D eigenvalue weighted by Crippen LogP contribution is 2.22. The van der Waals surface area contributed by atoms with Gasteiger partial charge < -0.3 is 10.3 Å². The zero-order chi connectivity index (χ0) is 14.5. The molecule has 0 spiro atoms. The molecule has 0 atom stereocenters. The molecule has 0 radical (unpaired) electrons. The van der Waals surface area contributed by atoms with Gasteiger partial charge in [-0.05, 0) is 6.42 Å².